The van der Waals surface area contributed by atoms with Crippen LogP contribution in [-0.4, -0.2) is 10.9 Å². The number of hydrogen-bond donors (Lipinski definition) is 1. The Morgan fingerprint density at radius 3 is 2.07 bits per heavy atom. The first-order valence-corrected chi connectivity index (χ1v) is 9.45. The standard InChI is InChI=1S/C25H22N2O/c1-18-16-21(22-14-8-9-15-23(22)27-18)17-26-25(28)24(19-10-4-2-5-11-19)20-12-6-3-7-13-20/h2-16,24H,17H2,1H3,(H,26,28). The maximum atomic E-state index is 13.2. The van der Waals surface area contributed by atoms with Crippen LogP contribution >= 0.6 is 0 Å². The molecule has 0 saturated heterocycles. The van der Waals surface area contributed by atoms with E-state index in [9.17, 15) is 4.79 Å². The van der Waals surface area contributed by atoms with Gasteiger partial charge in [0.1, 0.15) is 0 Å². The summed E-state index contributed by atoms with van der Waals surface area (Å²) in [6.45, 7) is 2.45. The number of amides is 1. The van der Waals surface area contributed by atoms with Crippen molar-refractivity contribution in [1.82, 2.24) is 10.3 Å². The Morgan fingerprint density at radius 1 is 0.857 bits per heavy atom. The van der Waals surface area contributed by atoms with Gasteiger partial charge in [-0.25, -0.2) is 0 Å². The fourth-order valence-electron chi connectivity index (χ4n) is 3.61. The number of aryl methyl sites for hydroxylation is 1. The summed E-state index contributed by atoms with van der Waals surface area (Å²) in [5, 5.41) is 4.22. The van der Waals surface area contributed by atoms with E-state index in [1.165, 1.54) is 0 Å². The van der Waals surface area contributed by atoms with Gasteiger partial charge in [0.25, 0.3) is 0 Å². The average molecular weight is 366 g/mol. The molecule has 4 rings (SSSR count). The molecule has 0 saturated carbocycles. The third-order valence-corrected chi connectivity index (χ3v) is 4.91. The maximum absolute atomic E-state index is 13.2. The Hall–Kier alpha value is -3.46. The lowest BCUT2D eigenvalue weighted by Crippen LogP contribution is -2.29. The van der Waals surface area contributed by atoms with E-state index < -0.39 is 0 Å². The SMILES string of the molecule is Cc1cc(CNC(=O)C(c2ccccc2)c2ccccc2)c2ccccc2n1. The number of fused-ring (bicyclic) bond motifs is 1. The smallest absolute Gasteiger partial charge is 0.232 e. The highest BCUT2D eigenvalue weighted by Crippen LogP contribution is 2.25. The van der Waals surface area contributed by atoms with Gasteiger partial charge in [0.15, 0.2) is 0 Å². The minimum atomic E-state index is -0.336. The summed E-state index contributed by atoms with van der Waals surface area (Å²) in [5.41, 5.74) is 4.96. The molecule has 138 valence electrons. The molecule has 0 aliphatic carbocycles. The van der Waals surface area contributed by atoms with E-state index in [0.29, 0.717) is 6.54 Å². The molecule has 0 unspecified atom stereocenters. The highest BCUT2D eigenvalue weighted by molar-refractivity contribution is 5.88. The zero-order valence-electron chi connectivity index (χ0n) is 15.8. The number of pyridine rings is 1. The summed E-state index contributed by atoms with van der Waals surface area (Å²) >= 11 is 0. The molecule has 0 spiro atoms. The van der Waals surface area contributed by atoms with Crippen LogP contribution in [0.25, 0.3) is 10.9 Å². The molecule has 0 aliphatic heterocycles. The summed E-state index contributed by atoms with van der Waals surface area (Å²) in [6.07, 6.45) is 0. The molecule has 1 N–H and O–H groups in total. The summed E-state index contributed by atoms with van der Waals surface area (Å²) in [4.78, 5) is 17.8. The van der Waals surface area contributed by atoms with Crippen LogP contribution in [0, 0.1) is 6.92 Å². The van der Waals surface area contributed by atoms with Crippen molar-refractivity contribution in [2.45, 2.75) is 19.4 Å². The molecule has 3 heteroatoms. The van der Waals surface area contributed by atoms with E-state index in [-0.39, 0.29) is 11.8 Å². The highest BCUT2D eigenvalue weighted by atomic mass is 16.1. The quantitative estimate of drug-likeness (QED) is 0.540. The Morgan fingerprint density at radius 2 is 1.43 bits per heavy atom. The van der Waals surface area contributed by atoms with Crippen LogP contribution in [0.4, 0.5) is 0 Å². The van der Waals surface area contributed by atoms with Gasteiger partial charge in [0.05, 0.1) is 11.4 Å². The normalized spacial score (nSPS) is 10.9. The van der Waals surface area contributed by atoms with E-state index in [2.05, 4.69) is 16.4 Å². The summed E-state index contributed by atoms with van der Waals surface area (Å²) in [7, 11) is 0. The first-order chi connectivity index (χ1) is 13.7. The van der Waals surface area contributed by atoms with Crippen LogP contribution in [0.3, 0.4) is 0 Å². The van der Waals surface area contributed by atoms with E-state index >= 15 is 0 Å². The minimum absolute atomic E-state index is 0.00375. The van der Waals surface area contributed by atoms with Gasteiger partial charge in [-0.3, -0.25) is 9.78 Å². The van der Waals surface area contributed by atoms with Crippen molar-refractivity contribution in [3.63, 3.8) is 0 Å². The van der Waals surface area contributed by atoms with E-state index in [1.54, 1.807) is 0 Å². The Bertz CT molecular complexity index is 1050. The molecule has 0 bridgehead atoms. The van der Waals surface area contributed by atoms with Gasteiger partial charge in [-0.05, 0) is 35.7 Å². The van der Waals surface area contributed by atoms with Gasteiger partial charge < -0.3 is 5.32 Å². The molecule has 3 aromatic carbocycles. The molecule has 0 aliphatic rings. The number of nitrogens with zero attached hydrogens (tertiary/aromatic N) is 1. The van der Waals surface area contributed by atoms with E-state index in [1.807, 2.05) is 91.9 Å². The van der Waals surface area contributed by atoms with Crippen LogP contribution in [0.1, 0.15) is 28.3 Å². The zero-order chi connectivity index (χ0) is 19.3. The molecule has 1 heterocycles. The van der Waals surface area contributed by atoms with Crippen LogP contribution < -0.4 is 5.32 Å². The maximum Gasteiger partial charge on any atom is 0.232 e. The zero-order valence-corrected chi connectivity index (χ0v) is 15.8. The van der Waals surface area contributed by atoms with Crippen LogP contribution in [0.2, 0.25) is 0 Å². The largest absolute Gasteiger partial charge is 0.351 e. The fraction of sp³-hybridized carbons (Fsp3) is 0.120. The highest BCUT2D eigenvalue weighted by Gasteiger charge is 2.22. The van der Waals surface area contributed by atoms with E-state index in [0.717, 1.165) is 33.3 Å². The second-order valence-corrected chi connectivity index (χ2v) is 6.91. The second kappa shape index (κ2) is 8.05. The van der Waals surface area contributed by atoms with Crippen LogP contribution in [-0.2, 0) is 11.3 Å². The number of nitrogens with one attached hydrogen (secondary N) is 1. The number of para-hydroxylation sites is 1. The average Bonchev–Trinajstić information content (AvgIpc) is 2.73. The molecule has 0 radical (unpaired) electrons. The number of rotatable bonds is 5. The summed E-state index contributed by atoms with van der Waals surface area (Å²) in [6, 6.07) is 29.9. The van der Waals surface area contributed by atoms with Crippen LogP contribution in [0.5, 0.6) is 0 Å². The molecule has 3 nitrogen and oxygen atoms in total. The van der Waals surface area contributed by atoms with Crippen molar-refractivity contribution in [1.29, 1.82) is 0 Å². The molecule has 0 atom stereocenters. The second-order valence-electron chi connectivity index (χ2n) is 6.91. The summed E-state index contributed by atoms with van der Waals surface area (Å²) in [5.74, 6) is -0.340. The Kier molecular flexibility index (Phi) is 5.16. The minimum Gasteiger partial charge on any atom is -0.351 e. The van der Waals surface area contributed by atoms with Crippen molar-refractivity contribution in [2.24, 2.45) is 0 Å². The lowest BCUT2D eigenvalue weighted by atomic mass is 9.90. The van der Waals surface area contributed by atoms with Crippen molar-refractivity contribution in [3.05, 3.63) is 113 Å². The first-order valence-electron chi connectivity index (χ1n) is 9.45. The van der Waals surface area contributed by atoms with Crippen molar-refractivity contribution < 1.29 is 4.79 Å². The predicted octanol–water partition coefficient (Wildman–Crippen LogP) is 4.99. The van der Waals surface area contributed by atoms with Gasteiger partial charge in [-0.15, -0.1) is 0 Å². The molecular weight excluding hydrogens is 344 g/mol. The molecular formula is C25H22N2O. The van der Waals surface area contributed by atoms with Crippen molar-refractivity contribution >= 4 is 16.8 Å². The van der Waals surface area contributed by atoms with Crippen molar-refractivity contribution in [2.75, 3.05) is 0 Å². The number of hydrogen-bond acceptors (Lipinski definition) is 2. The first kappa shape index (κ1) is 17.9. The number of aromatic nitrogens is 1. The molecule has 28 heavy (non-hydrogen) atoms. The Balaban J connectivity index is 1.63. The number of carbonyl (C=O) groups is 1. The topological polar surface area (TPSA) is 42.0 Å². The number of carbonyl (C=O) groups excluding carboxylic acids is 1. The van der Waals surface area contributed by atoms with Gasteiger partial charge in [-0.2, -0.15) is 0 Å². The predicted molar refractivity (Wildman–Crippen MR) is 113 cm³/mol. The monoisotopic (exact) mass is 366 g/mol. The molecule has 1 amide bonds. The summed E-state index contributed by atoms with van der Waals surface area (Å²) < 4.78 is 0. The van der Waals surface area contributed by atoms with Gasteiger partial charge in [0, 0.05) is 17.6 Å². The van der Waals surface area contributed by atoms with E-state index in [4.69, 9.17) is 0 Å². The molecule has 4 aromatic rings. The fourth-order valence-corrected chi connectivity index (χ4v) is 3.61. The van der Waals surface area contributed by atoms with Crippen LogP contribution in [0.15, 0.2) is 91.0 Å². The lowest BCUT2D eigenvalue weighted by Gasteiger charge is -2.18. The molecule has 1 aromatic heterocycles. The number of benzene rings is 3. The third-order valence-electron chi connectivity index (χ3n) is 4.91. The van der Waals surface area contributed by atoms with Gasteiger partial charge in [0.2, 0.25) is 5.91 Å². The van der Waals surface area contributed by atoms with Gasteiger partial charge in [-0.1, -0.05) is 78.9 Å². The lowest BCUT2D eigenvalue weighted by molar-refractivity contribution is -0.121. The van der Waals surface area contributed by atoms with Crippen molar-refractivity contribution in [3.8, 4) is 0 Å². The molecule has 0 fully saturated rings. The Labute approximate surface area is 165 Å². The van der Waals surface area contributed by atoms with Gasteiger partial charge >= 0.3 is 0 Å². The third kappa shape index (κ3) is 3.79.